The molecule has 1 aromatic carbocycles. The van der Waals surface area contributed by atoms with Gasteiger partial charge in [-0.05, 0) is 5.56 Å². The van der Waals surface area contributed by atoms with Gasteiger partial charge < -0.3 is 14.5 Å². The maximum Gasteiger partial charge on any atom is 0.248 e. The molecule has 0 radical (unpaired) electrons. The van der Waals surface area contributed by atoms with Crippen molar-refractivity contribution in [1.29, 1.82) is 0 Å². The van der Waals surface area contributed by atoms with E-state index in [2.05, 4.69) is 5.16 Å². The molecule has 0 bridgehead atoms. The Morgan fingerprint density at radius 2 is 2.21 bits per heavy atom. The van der Waals surface area contributed by atoms with E-state index in [4.69, 9.17) is 9.57 Å². The molecule has 1 aliphatic rings. The van der Waals surface area contributed by atoms with E-state index in [1.165, 1.54) is 7.11 Å². The number of carbonyl (C=O) groups is 1. The summed E-state index contributed by atoms with van der Waals surface area (Å²) in [5.74, 6) is -0.0562. The summed E-state index contributed by atoms with van der Waals surface area (Å²) in [6.07, 6.45) is 0.634. The zero-order valence-corrected chi connectivity index (χ0v) is 11.2. The Hall–Kier alpha value is -1.88. The van der Waals surface area contributed by atoms with Gasteiger partial charge in [-0.3, -0.25) is 4.79 Å². The molecule has 0 fully saturated rings. The van der Waals surface area contributed by atoms with Gasteiger partial charge in [0.2, 0.25) is 5.91 Å². The standard InChI is InChI=1S/C14H18N2O3/c1-16(14(17)10-18-2)9-12-8-13(15-19-12)11-6-4-3-5-7-11/h3-7,12H,8-10H2,1-2H3. The number of nitrogens with zero attached hydrogens (tertiary/aromatic N) is 2. The Balaban J connectivity index is 1.86. The second-order valence-corrected chi connectivity index (χ2v) is 4.54. The zero-order valence-electron chi connectivity index (χ0n) is 11.2. The van der Waals surface area contributed by atoms with E-state index in [1.807, 2.05) is 30.3 Å². The number of oxime groups is 1. The van der Waals surface area contributed by atoms with Crippen LogP contribution in [0.15, 0.2) is 35.5 Å². The van der Waals surface area contributed by atoms with Crippen molar-refractivity contribution in [3.8, 4) is 0 Å². The van der Waals surface area contributed by atoms with Gasteiger partial charge in [0, 0.05) is 20.6 Å². The topological polar surface area (TPSA) is 51.1 Å². The molecule has 102 valence electrons. The number of benzene rings is 1. The molecule has 1 heterocycles. The lowest BCUT2D eigenvalue weighted by molar-refractivity contribution is -0.135. The van der Waals surface area contributed by atoms with Gasteiger partial charge >= 0.3 is 0 Å². The fourth-order valence-corrected chi connectivity index (χ4v) is 1.97. The first-order valence-corrected chi connectivity index (χ1v) is 6.21. The van der Waals surface area contributed by atoms with Crippen LogP contribution in [0.5, 0.6) is 0 Å². The van der Waals surface area contributed by atoms with E-state index < -0.39 is 0 Å². The van der Waals surface area contributed by atoms with Crippen LogP contribution in [-0.2, 0) is 14.4 Å². The molecule has 0 saturated heterocycles. The number of carbonyl (C=O) groups excluding carboxylic acids is 1. The monoisotopic (exact) mass is 262 g/mol. The second kappa shape index (κ2) is 6.33. The van der Waals surface area contributed by atoms with Crippen LogP contribution in [0.25, 0.3) is 0 Å². The minimum atomic E-state index is -0.0824. The number of amides is 1. The molecule has 0 N–H and O–H groups in total. The molecule has 5 heteroatoms. The van der Waals surface area contributed by atoms with Gasteiger partial charge in [-0.2, -0.15) is 0 Å². The second-order valence-electron chi connectivity index (χ2n) is 4.54. The van der Waals surface area contributed by atoms with E-state index in [1.54, 1.807) is 11.9 Å². The number of likely N-dealkylation sites (N-methyl/N-ethyl adjacent to an activating group) is 1. The first kappa shape index (κ1) is 13.5. The third-order valence-electron chi connectivity index (χ3n) is 3.01. The van der Waals surface area contributed by atoms with Crippen LogP contribution in [0.2, 0.25) is 0 Å². The first-order chi connectivity index (χ1) is 9.20. The van der Waals surface area contributed by atoms with E-state index in [9.17, 15) is 4.79 Å². The van der Waals surface area contributed by atoms with Gasteiger partial charge in [-0.25, -0.2) is 0 Å². The highest BCUT2D eigenvalue weighted by molar-refractivity contribution is 6.01. The van der Waals surface area contributed by atoms with Crippen molar-refractivity contribution < 1.29 is 14.4 Å². The lowest BCUT2D eigenvalue weighted by atomic mass is 10.1. The Morgan fingerprint density at radius 3 is 2.89 bits per heavy atom. The summed E-state index contributed by atoms with van der Waals surface area (Å²) in [6.45, 7) is 0.609. The molecule has 1 aromatic rings. The van der Waals surface area contributed by atoms with Crippen molar-refractivity contribution in [2.45, 2.75) is 12.5 Å². The van der Waals surface area contributed by atoms with Gasteiger partial charge in [-0.15, -0.1) is 0 Å². The molecular formula is C14H18N2O3. The van der Waals surface area contributed by atoms with E-state index in [0.717, 1.165) is 11.3 Å². The van der Waals surface area contributed by atoms with Crippen LogP contribution >= 0.6 is 0 Å². The van der Waals surface area contributed by atoms with Gasteiger partial charge in [0.15, 0.2) is 6.10 Å². The maximum absolute atomic E-state index is 11.6. The Labute approximate surface area is 112 Å². The molecule has 1 atom stereocenters. The summed E-state index contributed by atoms with van der Waals surface area (Å²) in [4.78, 5) is 18.6. The molecule has 5 nitrogen and oxygen atoms in total. The summed E-state index contributed by atoms with van der Waals surface area (Å²) >= 11 is 0. The summed E-state index contributed by atoms with van der Waals surface area (Å²) in [6, 6.07) is 9.92. The molecule has 1 aliphatic heterocycles. The van der Waals surface area contributed by atoms with Gasteiger partial charge in [0.25, 0.3) is 0 Å². The quantitative estimate of drug-likeness (QED) is 0.803. The van der Waals surface area contributed by atoms with Crippen LogP contribution < -0.4 is 0 Å². The summed E-state index contributed by atoms with van der Waals surface area (Å²) < 4.78 is 4.82. The van der Waals surface area contributed by atoms with Crippen molar-refractivity contribution in [2.24, 2.45) is 5.16 Å². The van der Waals surface area contributed by atoms with Gasteiger partial charge in [-0.1, -0.05) is 35.5 Å². The summed E-state index contributed by atoms with van der Waals surface area (Å²) in [5, 5.41) is 4.09. The maximum atomic E-state index is 11.6. The minimum Gasteiger partial charge on any atom is -0.390 e. The normalized spacial score (nSPS) is 17.8. The average molecular weight is 262 g/mol. The Bertz CT molecular complexity index is 459. The molecule has 0 aromatic heterocycles. The third kappa shape index (κ3) is 3.54. The van der Waals surface area contributed by atoms with Crippen LogP contribution in [0.4, 0.5) is 0 Å². The third-order valence-corrected chi connectivity index (χ3v) is 3.01. The lowest BCUT2D eigenvalue weighted by Crippen LogP contribution is -2.36. The predicted octanol–water partition coefficient (Wildman–Crippen LogP) is 1.28. The predicted molar refractivity (Wildman–Crippen MR) is 72.0 cm³/mol. The van der Waals surface area contributed by atoms with E-state index >= 15 is 0 Å². The molecule has 0 aliphatic carbocycles. The highest BCUT2D eigenvalue weighted by Gasteiger charge is 2.24. The van der Waals surface area contributed by atoms with Crippen molar-refractivity contribution in [1.82, 2.24) is 4.90 Å². The van der Waals surface area contributed by atoms with Gasteiger partial charge in [0.05, 0.1) is 12.3 Å². The highest BCUT2D eigenvalue weighted by Crippen LogP contribution is 2.17. The number of hydrogen-bond acceptors (Lipinski definition) is 4. The number of methoxy groups -OCH3 is 1. The smallest absolute Gasteiger partial charge is 0.248 e. The minimum absolute atomic E-state index is 0.0562. The number of hydrogen-bond donors (Lipinski definition) is 0. The zero-order chi connectivity index (χ0) is 13.7. The summed E-state index contributed by atoms with van der Waals surface area (Å²) in [7, 11) is 3.25. The molecule has 1 amide bonds. The fraction of sp³-hybridized carbons (Fsp3) is 0.429. The Morgan fingerprint density at radius 1 is 1.47 bits per heavy atom. The van der Waals surface area contributed by atoms with Crippen LogP contribution in [0.1, 0.15) is 12.0 Å². The lowest BCUT2D eigenvalue weighted by Gasteiger charge is -2.19. The molecule has 0 saturated carbocycles. The first-order valence-electron chi connectivity index (χ1n) is 6.21. The summed E-state index contributed by atoms with van der Waals surface area (Å²) in [5.41, 5.74) is 1.99. The molecular weight excluding hydrogens is 244 g/mol. The van der Waals surface area contributed by atoms with Crippen molar-refractivity contribution >= 4 is 11.6 Å². The fourth-order valence-electron chi connectivity index (χ4n) is 1.97. The SMILES string of the molecule is COCC(=O)N(C)CC1CC(c2ccccc2)=NO1. The molecule has 1 unspecified atom stereocenters. The van der Waals surface area contributed by atoms with Crippen LogP contribution in [-0.4, -0.2) is 49.9 Å². The van der Waals surface area contributed by atoms with E-state index in [0.29, 0.717) is 13.0 Å². The number of ether oxygens (including phenoxy) is 1. The average Bonchev–Trinajstić information content (AvgIpc) is 2.88. The van der Waals surface area contributed by atoms with Crippen molar-refractivity contribution in [2.75, 3.05) is 27.3 Å². The van der Waals surface area contributed by atoms with E-state index in [-0.39, 0.29) is 18.6 Å². The Kier molecular flexibility index (Phi) is 4.52. The molecule has 19 heavy (non-hydrogen) atoms. The van der Waals surface area contributed by atoms with Crippen molar-refractivity contribution in [3.05, 3.63) is 35.9 Å². The molecule has 0 spiro atoms. The molecule has 2 rings (SSSR count). The van der Waals surface area contributed by atoms with Gasteiger partial charge in [0.1, 0.15) is 6.61 Å². The largest absolute Gasteiger partial charge is 0.390 e. The number of rotatable bonds is 5. The van der Waals surface area contributed by atoms with Crippen LogP contribution in [0.3, 0.4) is 0 Å². The highest BCUT2D eigenvalue weighted by atomic mass is 16.6. The van der Waals surface area contributed by atoms with Crippen LogP contribution in [0, 0.1) is 0 Å². The van der Waals surface area contributed by atoms with Crippen molar-refractivity contribution in [3.63, 3.8) is 0 Å².